The SMILES string of the molecule is CO[C@H](C)[C@H]1CCCN1. The summed E-state index contributed by atoms with van der Waals surface area (Å²) in [7, 11) is 1.77. The number of rotatable bonds is 2. The molecule has 0 bridgehead atoms. The maximum Gasteiger partial charge on any atom is 0.0696 e. The maximum atomic E-state index is 5.17. The Bertz CT molecular complexity index is 79.0. The minimum absolute atomic E-state index is 0.382. The number of hydrogen-bond donors (Lipinski definition) is 1. The van der Waals surface area contributed by atoms with Gasteiger partial charge in [-0.15, -0.1) is 0 Å². The van der Waals surface area contributed by atoms with Gasteiger partial charge in [0.1, 0.15) is 0 Å². The van der Waals surface area contributed by atoms with Crippen molar-refractivity contribution < 1.29 is 4.74 Å². The minimum Gasteiger partial charge on any atom is -0.380 e. The predicted octanol–water partition coefficient (Wildman–Crippen LogP) is 0.773. The summed E-state index contributed by atoms with van der Waals surface area (Å²) < 4.78 is 5.17. The van der Waals surface area contributed by atoms with E-state index in [1.165, 1.54) is 19.4 Å². The zero-order valence-electron chi connectivity index (χ0n) is 6.18. The molecule has 0 aromatic heterocycles. The maximum absolute atomic E-state index is 5.17. The van der Waals surface area contributed by atoms with Crippen molar-refractivity contribution in [3.8, 4) is 0 Å². The minimum atomic E-state index is 0.382. The first-order valence-corrected chi connectivity index (χ1v) is 3.61. The Kier molecular flexibility index (Phi) is 2.49. The summed E-state index contributed by atoms with van der Waals surface area (Å²) in [6, 6.07) is 0.606. The molecule has 0 aromatic rings. The van der Waals surface area contributed by atoms with E-state index in [-0.39, 0.29) is 0 Å². The highest BCUT2D eigenvalue weighted by Crippen LogP contribution is 2.10. The average molecular weight is 129 g/mol. The van der Waals surface area contributed by atoms with Gasteiger partial charge in [0.2, 0.25) is 0 Å². The van der Waals surface area contributed by atoms with Gasteiger partial charge in [0.05, 0.1) is 6.10 Å². The fourth-order valence-corrected chi connectivity index (χ4v) is 1.28. The van der Waals surface area contributed by atoms with Crippen molar-refractivity contribution >= 4 is 0 Å². The molecule has 2 heteroatoms. The lowest BCUT2D eigenvalue weighted by Crippen LogP contribution is -2.33. The fraction of sp³-hybridized carbons (Fsp3) is 1.00. The number of methoxy groups -OCH3 is 1. The van der Waals surface area contributed by atoms with Crippen LogP contribution < -0.4 is 5.32 Å². The third-order valence-electron chi connectivity index (χ3n) is 2.04. The molecule has 1 aliphatic rings. The van der Waals surface area contributed by atoms with E-state index in [4.69, 9.17) is 4.74 Å². The van der Waals surface area contributed by atoms with Crippen molar-refractivity contribution in [2.24, 2.45) is 0 Å². The molecule has 2 nitrogen and oxygen atoms in total. The molecule has 0 spiro atoms. The summed E-state index contributed by atoms with van der Waals surface area (Å²) >= 11 is 0. The molecule has 1 fully saturated rings. The van der Waals surface area contributed by atoms with Gasteiger partial charge in [-0.2, -0.15) is 0 Å². The van der Waals surface area contributed by atoms with E-state index in [9.17, 15) is 0 Å². The summed E-state index contributed by atoms with van der Waals surface area (Å²) in [4.78, 5) is 0. The fourth-order valence-electron chi connectivity index (χ4n) is 1.28. The van der Waals surface area contributed by atoms with E-state index in [0.717, 1.165) is 0 Å². The van der Waals surface area contributed by atoms with E-state index in [0.29, 0.717) is 12.1 Å². The summed E-state index contributed by atoms with van der Waals surface area (Å²) in [6.07, 6.45) is 2.96. The van der Waals surface area contributed by atoms with Crippen molar-refractivity contribution in [2.45, 2.75) is 31.9 Å². The van der Waals surface area contributed by atoms with Crippen molar-refractivity contribution in [1.29, 1.82) is 0 Å². The summed E-state index contributed by atoms with van der Waals surface area (Å²) in [5.41, 5.74) is 0. The second kappa shape index (κ2) is 3.18. The van der Waals surface area contributed by atoms with Crippen molar-refractivity contribution in [1.82, 2.24) is 5.32 Å². The molecule has 1 aliphatic heterocycles. The highest BCUT2D eigenvalue weighted by atomic mass is 16.5. The van der Waals surface area contributed by atoms with Crippen LogP contribution in [0, 0.1) is 0 Å². The van der Waals surface area contributed by atoms with Gasteiger partial charge in [-0.25, -0.2) is 0 Å². The second-order valence-electron chi connectivity index (χ2n) is 2.64. The van der Waals surface area contributed by atoms with Crippen molar-refractivity contribution in [3.05, 3.63) is 0 Å². The first-order valence-electron chi connectivity index (χ1n) is 3.61. The molecule has 0 aliphatic carbocycles. The Morgan fingerprint density at radius 3 is 2.89 bits per heavy atom. The van der Waals surface area contributed by atoms with Gasteiger partial charge in [0, 0.05) is 13.2 Å². The monoisotopic (exact) mass is 129 g/mol. The first kappa shape index (κ1) is 7.03. The molecule has 1 saturated heterocycles. The molecule has 1 heterocycles. The normalized spacial score (nSPS) is 30.7. The first-order chi connectivity index (χ1) is 4.34. The summed E-state index contributed by atoms with van der Waals surface area (Å²) in [6.45, 7) is 3.28. The Morgan fingerprint density at radius 1 is 1.67 bits per heavy atom. The molecule has 0 saturated carbocycles. The largest absolute Gasteiger partial charge is 0.380 e. The van der Waals surface area contributed by atoms with Crippen molar-refractivity contribution in [2.75, 3.05) is 13.7 Å². The van der Waals surface area contributed by atoms with E-state index < -0.39 is 0 Å². The summed E-state index contributed by atoms with van der Waals surface area (Å²) in [5, 5.41) is 3.38. The zero-order chi connectivity index (χ0) is 6.69. The van der Waals surface area contributed by atoms with Crippen LogP contribution in [0.1, 0.15) is 19.8 Å². The average Bonchev–Trinajstić information content (AvgIpc) is 2.37. The molecule has 54 valence electrons. The number of nitrogens with one attached hydrogen (secondary N) is 1. The molecule has 0 amide bonds. The van der Waals surface area contributed by atoms with Crippen LogP contribution >= 0.6 is 0 Å². The highest BCUT2D eigenvalue weighted by molar-refractivity contribution is 4.78. The molecule has 1 N–H and O–H groups in total. The Labute approximate surface area is 56.6 Å². The van der Waals surface area contributed by atoms with E-state index >= 15 is 0 Å². The van der Waals surface area contributed by atoms with Crippen LogP contribution in [-0.2, 0) is 4.74 Å². The van der Waals surface area contributed by atoms with Crippen LogP contribution in [0.25, 0.3) is 0 Å². The number of hydrogen-bond acceptors (Lipinski definition) is 2. The lowest BCUT2D eigenvalue weighted by atomic mass is 10.1. The van der Waals surface area contributed by atoms with Gasteiger partial charge in [-0.05, 0) is 26.3 Å². The van der Waals surface area contributed by atoms with Gasteiger partial charge in [-0.3, -0.25) is 0 Å². The van der Waals surface area contributed by atoms with E-state index in [2.05, 4.69) is 12.2 Å². The molecular formula is C7H15NO. The predicted molar refractivity (Wildman–Crippen MR) is 37.5 cm³/mol. The Balaban J connectivity index is 2.24. The van der Waals surface area contributed by atoms with Gasteiger partial charge in [0.25, 0.3) is 0 Å². The molecule has 9 heavy (non-hydrogen) atoms. The van der Waals surface area contributed by atoms with Crippen molar-refractivity contribution in [3.63, 3.8) is 0 Å². The van der Waals surface area contributed by atoms with Crippen LogP contribution in [0.3, 0.4) is 0 Å². The van der Waals surface area contributed by atoms with Crippen LogP contribution in [0.2, 0.25) is 0 Å². The van der Waals surface area contributed by atoms with E-state index in [1.807, 2.05) is 0 Å². The third-order valence-corrected chi connectivity index (χ3v) is 2.04. The quantitative estimate of drug-likeness (QED) is 0.594. The molecular weight excluding hydrogens is 114 g/mol. The second-order valence-corrected chi connectivity index (χ2v) is 2.64. The molecule has 0 radical (unpaired) electrons. The van der Waals surface area contributed by atoms with Gasteiger partial charge in [-0.1, -0.05) is 0 Å². The molecule has 2 atom stereocenters. The third kappa shape index (κ3) is 1.66. The Hall–Kier alpha value is -0.0800. The van der Waals surface area contributed by atoms with Crippen LogP contribution in [0.15, 0.2) is 0 Å². The van der Waals surface area contributed by atoms with E-state index in [1.54, 1.807) is 7.11 Å². The lowest BCUT2D eigenvalue weighted by Gasteiger charge is -2.16. The molecule has 0 unspecified atom stereocenters. The van der Waals surface area contributed by atoms with Gasteiger partial charge in [0.15, 0.2) is 0 Å². The van der Waals surface area contributed by atoms with Crippen LogP contribution in [-0.4, -0.2) is 25.8 Å². The van der Waals surface area contributed by atoms with Gasteiger partial charge < -0.3 is 10.1 Å². The lowest BCUT2D eigenvalue weighted by molar-refractivity contribution is 0.0894. The number of ether oxygens (including phenoxy) is 1. The standard InChI is InChI=1S/C7H15NO/c1-6(9-2)7-4-3-5-8-7/h6-8H,3-5H2,1-2H3/t6-,7-/m1/s1. The Morgan fingerprint density at radius 2 is 2.44 bits per heavy atom. The highest BCUT2D eigenvalue weighted by Gasteiger charge is 2.19. The molecule has 1 rings (SSSR count). The van der Waals surface area contributed by atoms with Gasteiger partial charge >= 0.3 is 0 Å². The van der Waals surface area contributed by atoms with Crippen LogP contribution in [0.5, 0.6) is 0 Å². The smallest absolute Gasteiger partial charge is 0.0696 e. The molecule has 0 aromatic carbocycles. The zero-order valence-corrected chi connectivity index (χ0v) is 6.18. The van der Waals surface area contributed by atoms with Crippen LogP contribution in [0.4, 0.5) is 0 Å². The summed E-state index contributed by atoms with van der Waals surface area (Å²) in [5.74, 6) is 0. The topological polar surface area (TPSA) is 21.3 Å².